The van der Waals surface area contributed by atoms with Crippen LogP contribution in [0.2, 0.25) is 5.02 Å². The quantitative estimate of drug-likeness (QED) is 0.743. The standard InChI is InChI=1S/C18H21ClN2O4S/c1-25-17-9-8-15(19)12-16(17)21(26(2,23)24)13-18(22)20-11-10-14-6-4-3-5-7-14/h3-9,12H,10-11,13H2,1-2H3,(H,20,22). The van der Waals surface area contributed by atoms with Crippen molar-refractivity contribution >= 4 is 33.2 Å². The molecule has 0 bridgehead atoms. The van der Waals surface area contributed by atoms with Crippen LogP contribution in [-0.2, 0) is 21.2 Å². The molecule has 0 aliphatic rings. The predicted molar refractivity (Wildman–Crippen MR) is 103 cm³/mol. The smallest absolute Gasteiger partial charge is 0.240 e. The number of carbonyl (C=O) groups is 1. The maximum Gasteiger partial charge on any atom is 0.240 e. The fourth-order valence-electron chi connectivity index (χ4n) is 2.42. The Hall–Kier alpha value is -2.25. The second-order valence-corrected chi connectivity index (χ2v) is 8.01. The molecule has 0 aromatic heterocycles. The molecule has 0 aliphatic carbocycles. The van der Waals surface area contributed by atoms with Crippen LogP contribution in [0.5, 0.6) is 5.75 Å². The number of methoxy groups -OCH3 is 1. The largest absolute Gasteiger partial charge is 0.495 e. The first-order chi connectivity index (χ1) is 12.3. The molecule has 0 aliphatic heterocycles. The number of benzene rings is 2. The summed E-state index contributed by atoms with van der Waals surface area (Å²) in [6, 6.07) is 14.3. The van der Waals surface area contributed by atoms with E-state index in [9.17, 15) is 13.2 Å². The minimum absolute atomic E-state index is 0.223. The normalized spacial score (nSPS) is 11.0. The van der Waals surface area contributed by atoms with Crippen LogP contribution in [0.4, 0.5) is 5.69 Å². The molecular weight excluding hydrogens is 376 g/mol. The molecule has 8 heteroatoms. The van der Waals surface area contributed by atoms with Gasteiger partial charge in [-0.3, -0.25) is 9.10 Å². The molecule has 2 aromatic carbocycles. The molecule has 0 saturated carbocycles. The highest BCUT2D eigenvalue weighted by atomic mass is 35.5. The molecule has 2 aromatic rings. The number of halogens is 1. The zero-order valence-electron chi connectivity index (χ0n) is 14.6. The number of nitrogens with one attached hydrogen (secondary N) is 1. The molecule has 0 spiro atoms. The van der Waals surface area contributed by atoms with Gasteiger partial charge in [0.15, 0.2) is 0 Å². The van der Waals surface area contributed by atoms with Crippen molar-refractivity contribution in [1.82, 2.24) is 5.32 Å². The van der Waals surface area contributed by atoms with Crippen molar-refractivity contribution in [2.75, 3.05) is 30.8 Å². The maximum atomic E-state index is 12.3. The average molecular weight is 397 g/mol. The van der Waals surface area contributed by atoms with Crippen molar-refractivity contribution in [3.8, 4) is 5.75 Å². The molecule has 0 heterocycles. The van der Waals surface area contributed by atoms with Gasteiger partial charge in [0, 0.05) is 11.6 Å². The van der Waals surface area contributed by atoms with Crippen molar-refractivity contribution in [1.29, 1.82) is 0 Å². The molecule has 1 N–H and O–H groups in total. The van der Waals surface area contributed by atoms with E-state index in [4.69, 9.17) is 16.3 Å². The Bertz CT molecular complexity index is 857. The third-order valence-electron chi connectivity index (χ3n) is 3.68. The fourth-order valence-corrected chi connectivity index (χ4v) is 3.43. The van der Waals surface area contributed by atoms with Crippen LogP contribution in [0.25, 0.3) is 0 Å². The van der Waals surface area contributed by atoms with Gasteiger partial charge in [-0.25, -0.2) is 8.42 Å². The number of anilines is 1. The topological polar surface area (TPSA) is 75.7 Å². The van der Waals surface area contributed by atoms with Crippen LogP contribution < -0.4 is 14.4 Å². The van der Waals surface area contributed by atoms with Crippen molar-refractivity contribution in [2.45, 2.75) is 6.42 Å². The molecule has 140 valence electrons. The number of nitrogens with zero attached hydrogens (tertiary/aromatic N) is 1. The van der Waals surface area contributed by atoms with Crippen molar-refractivity contribution < 1.29 is 17.9 Å². The molecule has 0 radical (unpaired) electrons. The van der Waals surface area contributed by atoms with Crippen LogP contribution in [0.1, 0.15) is 5.56 Å². The maximum absolute atomic E-state index is 12.3. The molecular formula is C18H21ClN2O4S. The van der Waals surface area contributed by atoms with E-state index in [1.165, 1.54) is 13.2 Å². The lowest BCUT2D eigenvalue weighted by Crippen LogP contribution is -2.41. The van der Waals surface area contributed by atoms with Gasteiger partial charge in [-0.1, -0.05) is 41.9 Å². The van der Waals surface area contributed by atoms with Gasteiger partial charge >= 0.3 is 0 Å². The van der Waals surface area contributed by atoms with Gasteiger partial charge in [0.25, 0.3) is 0 Å². The van der Waals surface area contributed by atoms with Gasteiger partial charge in [-0.05, 0) is 30.2 Å². The van der Waals surface area contributed by atoms with E-state index in [-0.39, 0.29) is 12.2 Å². The number of hydrogen-bond donors (Lipinski definition) is 1. The Morgan fingerprint density at radius 2 is 1.88 bits per heavy atom. The van der Waals surface area contributed by atoms with Crippen LogP contribution in [-0.4, -0.2) is 40.8 Å². The third kappa shape index (κ3) is 5.64. The highest BCUT2D eigenvalue weighted by molar-refractivity contribution is 7.92. The lowest BCUT2D eigenvalue weighted by atomic mass is 10.1. The van der Waals surface area contributed by atoms with E-state index in [2.05, 4.69) is 5.32 Å². The number of rotatable bonds is 8. The van der Waals surface area contributed by atoms with Crippen LogP contribution >= 0.6 is 11.6 Å². The highest BCUT2D eigenvalue weighted by Gasteiger charge is 2.24. The van der Waals surface area contributed by atoms with Crippen LogP contribution in [0, 0.1) is 0 Å². The van der Waals surface area contributed by atoms with E-state index in [1.54, 1.807) is 12.1 Å². The molecule has 0 atom stereocenters. The second kappa shape index (κ2) is 8.91. The summed E-state index contributed by atoms with van der Waals surface area (Å²) in [6.07, 6.45) is 1.69. The third-order valence-corrected chi connectivity index (χ3v) is 5.04. The van der Waals surface area contributed by atoms with Crippen LogP contribution in [0.3, 0.4) is 0 Å². The first-order valence-corrected chi connectivity index (χ1v) is 10.2. The molecule has 1 amide bonds. The summed E-state index contributed by atoms with van der Waals surface area (Å²) in [4.78, 5) is 12.3. The van der Waals surface area contributed by atoms with E-state index >= 15 is 0 Å². The highest BCUT2D eigenvalue weighted by Crippen LogP contribution is 2.32. The molecule has 0 fully saturated rings. The van der Waals surface area contributed by atoms with Crippen molar-refractivity contribution in [2.24, 2.45) is 0 Å². The fraction of sp³-hybridized carbons (Fsp3) is 0.278. The Morgan fingerprint density at radius 1 is 1.19 bits per heavy atom. The first-order valence-electron chi connectivity index (χ1n) is 7.93. The lowest BCUT2D eigenvalue weighted by molar-refractivity contribution is -0.119. The average Bonchev–Trinajstić information content (AvgIpc) is 2.59. The van der Waals surface area contributed by atoms with Crippen LogP contribution in [0.15, 0.2) is 48.5 Å². The summed E-state index contributed by atoms with van der Waals surface area (Å²) in [6.45, 7) is 0.0530. The Kier molecular flexibility index (Phi) is 6.88. The number of carbonyl (C=O) groups excluding carboxylic acids is 1. The molecule has 26 heavy (non-hydrogen) atoms. The molecule has 2 rings (SSSR count). The minimum Gasteiger partial charge on any atom is -0.495 e. The molecule has 6 nitrogen and oxygen atoms in total. The van der Waals surface area contributed by atoms with Gasteiger partial charge in [0.1, 0.15) is 12.3 Å². The first kappa shape index (κ1) is 20.1. The lowest BCUT2D eigenvalue weighted by Gasteiger charge is -2.24. The van der Waals surface area contributed by atoms with E-state index < -0.39 is 15.9 Å². The zero-order valence-corrected chi connectivity index (χ0v) is 16.2. The van der Waals surface area contributed by atoms with Crippen molar-refractivity contribution in [3.63, 3.8) is 0 Å². The molecule has 0 unspecified atom stereocenters. The Morgan fingerprint density at radius 3 is 2.50 bits per heavy atom. The van der Waals surface area contributed by atoms with E-state index in [0.29, 0.717) is 23.7 Å². The number of hydrogen-bond acceptors (Lipinski definition) is 4. The van der Waals surface area contributed by atoms with E-state index in [0.717, 1.165) is 16.1 Å². The Labute approximate surface area is 158 Å². The van der Waals surface area contributed by atoms with Gasteiger partial charge in [0.05, 0.1) is 19.1 Å². The van der Waals surface area contributed by atoms with E-state index in [1.807, 2.05) is 30.3 Å². The summed E-state index contributed by atoms with van der Waals surface area (Å²) in [5, 5.41) is 3.08. The van der Waals surface area contributed by atoms with Gasteiger partial charge in [-0.2, -0.15) is 0 Å². The summed E-state index contributed by atoms with van der Waals surface area (Å²) < 4.78 is 30.6. The molecule has 0 saturated heterocycles. The summed E-state index contributed by atoms with van der Waals surface area (Å²) in [5.41, 5.74) is 1.31. The second-order valence-electron chi connectivity index (χ2n) is 5.67. The SMILES string of the molecule is COc1ccc(Cl)cc1N(CC(=O)NCCc1ccccc1)S(C)(=O)=O. The predicted octanol–water partition coefficient (Wildman–Crippen LogP) is 2.47. The van der Waals surface area contributed by atoms with Crippen molar-refractivity contribution in [3.05, 3.63) is 59.1 Å². The number of sulfonamides is 1. The number of ether oxygens (including phenoxy) is 1. The monoisotopic (exact) mass is 396 g/mol. The van der Waals surface area contributed by atoms with Gasteiger partial charge in [-0.15, -0.1) is 0 Å². The number of amides is 1. The van der Waals surface area contributed by atoms with Gasteiger partial charge < -0.3 is 10.1 Å². The summed E-state index contributed by atoms with van der Waals surface area (Å²) >= 11 is 5.98. The van der Waals surface area contributed by atoms with Gasteiger partial charge in [0.2, 0.25) is 15.9 Å². The minimum atomic E-state index is -3.71. The zero-order chi connectivity index (χ0) is 19.2. The summed E-state index contributed by atoms with van der Waals surface area (Å²) in [7, 11) is -2.28. The summed E-state index contributed by atoms with van der Waals surface area (Å²) in [5.74, 6) is -0.0923. The Balaban J connectivity index is 2.09.